The molecular formula is C16H27NO. The predicted octanol–water partition coefficient (Wildman–Crippen LogP) is 4.31. The molecule has 1 N–H and O–H groups in total. The minimum Gasteiger partial charge on any atom is -0.494 e. The van der Waals surface area contributed by atoms with Gasteiger partial charge in [-0.2, -0.15) is 0 Å². The zero-order valence-corrected chi connectivity index (χ0v) is 12.2. The predicted molar refractivity (Wildman–Crippen MR) is 78.1 cm³/mol. The molecule has 102 valence electrons. The van der Waals surface area contributed by atoms with Crippen LogP contribution >= 0.6 is 0 Å². The van der Waals surface area contributed by atoms with Crippen molar-refractivity contribution in [3.8, 4) is 5.75 Å². The first kappa shape index (κ1) is 15.0. The maximum absolute atomic E-state index is 5.59. The van der Waals surface area contributed by atoms with E-state index in [1.807, 2.05) is 0 Å². The van der Waals surface area contributed by atoms with Gasteiger partial charge in [-0.25, -0.2) is 0 Å². The van der Waals surface area contributed by atoms with Crippen molar-refractivity contribution in [1.82, 2.24) is 5.32 Å². The number of hydrogen-bond acceptors (Lipinski definition) is 2. The van der Waals surface area contributed by atoms with E-state index in [1.165, 1.54) is 18.4 Å². The molecule has 2 unspecified atom stereocenters. The Balaban J connectivity index is 2.50. The third kappa shape index (κ3) is 5.09. The molecule has 2 atom stereocenters. The Labute approximate surface area is 112 Å². The Morgan fingerprint density at radius 2 is 1.72 bits per heavy atom. The Morgan fingerprint density at radius 1 is 1.06 bits per heavy atom. The minimum absolute atomic E-state index is 0.395. The van der Waals surface area contributed by atoms with Crippen molar-refractivity contribution < 1.29 is 4.74 Å². The monoisotopic (exact) mass is 249 g/mol. The van der Waals surface area contributed by atoms with E-state index in [2.05, 4.69) is 57.3 Å². The molecule has 0 saturated carbocycles. The van der Waals surface area contributed by atoms with Gasteiger partial charge >= 0.3 is 0 Å². The first-order valence-corrected chi connectivity index (χ1v) is 7.16. The van der Waals surface area contributed by atoms with Gasteiger partial charge in [-0.3, -0.25) is 0 Å². The first-order valence-electron chi connectivity index (χ1n) is 7.16. The van der Waals surface area contributed by atoms with Crippen LogP contribution in [-0.4, -0.2) is 12.6 Å². The van der Waals surface area contributed by atoms with E-state index in [4.69, 9.17) is 4.74 Å². The lowest BCUT2D eigenvalue weighted by Crippen LogP contribution is -2.28. The molecule has 0 aliphatic heterocycles. The van der Waals surface area contributed by atoms with Crippen LogP contribution in [0.25, 0.3) is 0 Å². The molecule has 1 aromatic carbocycles. The van der Waals surface area contributed by atoms with Gasteiger partial charge in [0.2, 0.25) is 0 Å². The molecule has 0 spiro atoms. The molecule has 0 amide bonds. The normalized spacial score (nSPS) is 14.2. The van der Waals surface area contributed by atoms with E-state index >= 15 is 0 Å². The van der Waals surface area contributed by atoms with Gasteiger partial charge in [0.1, 0.15) is 5.75 Å². The van der Waals surface area contributed by atoms with Gasteiger partial charge in [-0.05, 0) is 44.4 Å². The number of hydrogen-bond donors (Lipinski definition) is 1. The van der Waals surface area contributed by atoms with Crippen molar-refractivity contribution in [3.05, 3.63) is 29.8 Å². The van der Waals surface area contributed by atoms with E-state index in [-0.39, 0.29) is 0 Å². The minimum atomic E-state index is 0.395. The quantitative estimate of drug-likeness (QED) is 0.741. The number of benzene rings is 1. The van der Waals surface area contributed by atoms with Crippen LogP contribution in [0.3, 0.4) is 0 Å². The summed E-state index contributed by atoms with van der Waals surface area (Å²) >= 11 is 0. The zero-order chi connectivity index (χ0) is 13.4. The SMILES string of the molecule is CCCOc1ccc(C(C)NC(C)CCC)cc1. The first-order chi connectivity index (χ1) is 8.67. The fourth-order valence-corrected chi connectivity index (χ4v) is 2.11. The van der Waals surface area contributed by atoms with Gasteiger partial charge in [-0.1, -0.05) is 32.4 Å². The lowest BCUT2D eigenvalue weighted by Gasteiger charge is -2.20. The lowest BCUT2D eigenvalue weighted by atomic mass is 10.1. The van der Waals surface area contributed by atoms with Crippen molar-refractivity contribution in [2.45, 2.75) is 59.0 Å². The van der Waals surface area contributed by atoms with E-state index in [0.717, 1.165) is 18.8 Å². The Morgan fingerprint density at radius 3 is 2.28 bits per heavy atom. The molecule has 0 aliphatic rings. The molecule has 0 heterocycles. The standard InChI is InChI=1S/C16H27NO/c1-5-7-13(3)17-14(4)15-8-10-16(11-9-15)18-12-6-2/h8-11,13-14,17H,5-7,12H2,1-4H3. The second kappa shape index (κ2) is 8.15. The van der Waals surface area contributed by atoms with Crippen molar-refractivity contribution >= 4 is 0 Å². The third-order valence-electron chi connectivity index (χ3n) is 3.11. The molecule has 1 rings (SSSR count). The van der Waals surface area contributed by atoms with Gasteiger partial charge in [0, 0.05) is 12.1 Å². The Hall–Kier alpha value is -1.02. The van der Waals surface area contributed by atoms with E-state index in [9.17, 15) is 0 Å². The maximum Gasteiger partial charge on any atom is 0.119 e. The number of rotatable bonds is 8. The van der Waals surface area contributed by atoms with Crippen molar-refractivity contribution in [2.75, 3.05) is 6.61 Å². The summed E-state index contributed by atoms with van der Waals surface area (Å²) in [5, 5.41) is 3.62. The largest absolute Gasteiger partial charge is 0.494 e. The van der Waals surface area contributed by atoms with Crippen molar-refractivity contribution in [2.24, 2.45) is 0 Å². The van der Waals surface area contributed by atoms with Gasteiger partial charge in [0.25, 0.3) is 0 Å². The van der Waals surface area contributed by atoms with Crippen LogP contribution in [0.5, 0.6) is 5.75 Å². The molecule has 0 radical (unpaired) electrons. The summed E-state index contributed by atoms with van der Waals surface area (Å²) in [6.45, 7) is 9.60. The molecule has 0 saturated heterocycles. The molecular weight excluding hydrogens is 222 g/mol. The van der Waals surface area contributed by atoms with Crippen LogP contribution in [0, 0.1) is 0 Å². The van der Waals surface area contributed by atoms with E-state index in [1.54, 1.807) is 0 Å². The van der Waals surface area contributed by atoms with Crippen molar-refractivity contribution in [1.29, 1.82) is 0 Å². The summed E-state index contributed by atoms with van der Waals surface area (Å²) in [6, 6.07) is 9.40. The number of ether oxygens (including phenoxy) is 1. The molecule has 2 heteroatoms. The van der Waals surface area contributed by atoms with Crippen LogP contribution in [0.1, 0.15) is 58.6 Å². The second-order valence-electron chi connectivity index (χ2n) is 5.00. The van der Waals surface area contributed by atoms with Gasteiger partial charge in [-0.15, -0.1) is 0 Å². The van der Waals surface area contributed by atoms with Gasteiger partial charge in [0.05, 0.1) is 6.61 Å². The molecule has 18 heavy (non-hydrogen) atoms. The zero-order valence-electron chi connectivity index (χ0n) is 12.2. The summed E-state index contributed by atoms with van der Waals surface area (Å²) in [4.78, 5) is 0. The summed E-state index contributed by atoms with van der Waals surface area (Å²) < 4.78 is 5.59. The topological polar surface area (TPSA) is 21.3 Å². The van der Waals surface area contributed by atoms with Crippen molar-refractivity contribution in [3.63, 3.8) is 0 Å². The highest BCUT2D eigenvalue weighted by atomic mass is 16.5. The molecule has 0 aromatic heterocycles. The van der Waals surface area contributed by atoms with E-state index < -0.39 is 0 Å². The van der Waals surface area contributed by atoms with Crippen LogP contribution in [-0.2, 0) is 0 Å². The summed E-state index contributed by atoms with van der Waals surface area (Å²) in [7, 11) is 0. The average molecular weight is 249 g/mol. The highest BCUT2D eigenvalue weighted by Crippen LogP contribution is 2.18. The number of nitrogens with one attached hydrogen (secondary N) is 1. The smallest absolute Gasteiger partial charge is 0.119 e. The van der Waals surface area contributed by atoms with Crippen LogP contribution in [0.4, 0.5) is 0 Å². The molecule has 2 nitrogen and oxygen atoms in total. The van der Waals surface area contributed by atoms with Gasteiger partial charge in [0.15, 0.2) is 0 Å². The Kier molecular flexibility index (Phi) is 6.81. The van der Waals surface area contributed by atoms with Crippen LogP contribution in [0.2, 0.25) is 0 Å². The third-order valence-corrected chi connectivity index (χ3v) is 3.11. The van der Waals surface area contributed by atoms with E-state index in [0.29, 0.717) is 12.1 Å². The molecule has 0 fully saturated rings. The van der Waals surface area contributed by atoms with Crippen LogP contribution in [0.15, 0.2) is 24.3 Å². The second-order valence-corrected chi connectivity index (χ2v) is 5.00. The summed E-state index contributed by atoms with van der Waals surface area (Å²) in [5.74, 6) is 0.967. The average Bonchev–Trinajstić information content (AvgIpc) is 2.37. The highest BCUT2D eigenvalue weighted by Gasteiger charge is 2.08. The van der Waals surface area contributed by atoms with Gasteiger partial charge < -0.3 is 10.1 Å². The fraction of sp³-hybridized carbons (Fsp3) is 0.625. The summed E-state index contributed by atoms with van der Waals surface area (Å²) in [5.41, 5.74) is 1.32. The summed E-state index contributed by atoms with van der Waals surface area (Å²) in [6.07, 6.45) is 3.50. The molecule has 1 aromatic rings. The molecule has 0 bridgehead atoms. The Bertz CT molecular complexity index is 320. The maximum atomic E-state index is 5.59. The lowest BCUT2D eigenvalue weighted by molar-refractivity contribution is 0.317. The highest BCUT2D eigenvalue weighted by molar-refractivity contribution is 5.28. The fourth-order valence-electron chi connectivity index (χ4n) is 2.11. The molecule has 0 aliphatic carbocycles. The van der Waals surface area contributed by atoms with Crippen LogP contribution < -0.4 is 10.1 Å².